The van der Waals surface area contributed by atoms with E-state index in [2.05, 4.69) is 0 Å². The number of amides is 1. The molecule has 0 heterocycles. The molecule has 92 valence electrons. The molecule has 1 amide bonds. The Morgan fingerprint density at radius 2 is 2.00 bits per heavy atom. The number of methoxy groups -OCH3 is 1. The highest BCUT2D eigenvalue weighted by Crippen LogP contribution is 2.32. The van der Waals surface area contributed by atoms with Gasteiger partial charge in [-0.05, 0) is 43.9 Å². The fraction of sp³-hybridized carbons (Fsp3) is 0.462. The minimum atomic E-state index is -0.455. The Morgan fingerprint density at radius 1 is 1.29 bits per heavy atom. The summed E-state index contributed by atoms with van der Waals surface area (Å²) < 4.78 is 11.1. The molecule has 1 aliphatic rings. The topological polar surface area (TPSA) is 61.5 Å². The average molecular weight is 235 g/mol. The van der Waals surface area contributed by atoms with E-state index in [9.17, 15) is 4.79 Å². The lowest BCUT2D eigenvalue weighted by Gasteiger charge is -2.16. The van der Waals surface area contributed by atoms with Crippen LogP contribution in [0.4, 0.5) is 0 Å². The number of nitrogens with two attached hydrogens (primary N) is 1. The molecule has 17 heavy (non-hydrogen) atoms. The van der Waals surface area contributed by atoms with E-state index in [1.54, 1.807) is 25.3 Å². The van der Waals surface area contributed by atoms with Crippen molar-refractivity contribution in [3.05, 3.63) is 23.8 Å². The van der Waals surface area contributed by atoms with Gasteiger partial charge in [0.15, 0.2) is 11.5 Å². The van der Waals surface area contributed by atoms with Gasteiger partial charge >= 0.3 is 0 Å². The Bertz CT molecular complexity index is 411. The molecule has 1 fully saturated rings. The molecule has 0 atom stereocenters. The van der Waals surface area contributed by atoms with Gasteiger partial charge < -0.3 is 15.2 Å². The summed E-state index contributed by atoms with van der Waals surface area (Å²) in [5.74, 6) is 0.793. The van der Waals surface area contributed by atoms with Crippen molar-refractivity contribution >= 4 is 5.91 Å². The number of carbonyl (C=O) groups excluding carboxylic acids is 1. The zero-order chi connectivity index (χ0) is 12.3. The lowest BCUT2D eigenvalue weighted by molar-refractivity contribution is 0.0999. The maximum Gasteiger partial charge on any atom is 0.248 e. The second kappa shape index (κ2) is 5.08. The molecule has 0 saturated heterocycles. The molecule has 0 bridgehead atoms. The van der Waals surface area contributed by atoms with Gasteiger partial charge in [-0.2, -0.15) is 0 Å². The Kier molecular flexibility index (Phi) is 3.52. The molecule has 4 nitrogen and oxygen atoms in total. The number of carbonyl (C=O) groups is 1. The first-order valence-corrected chi connectivity index (χ1v) is 5.85. The molecule has 1 aromatic rings. The van der Waals surface area contributed by atoms with E-state index in [0.29, 0.717) is 17.1 Å². The summed E-state index contributed by atoms with van der Waals surface area (Å²) in [5, 5.41) is 0. The first-order chi connectivity index (χ1) is 8.20. The van der Waals surface area contributed by atoms with Crippen LogP contribution in [0.1, 0.15) is 36.0 Å². The van der Waals surface area contributed by atoms with Crippen LogP contribution in [0.25, 0.3) is 0 Å². The summed E-state index contributed by atoms with van der Waals surface area (Å²) in [6, 6.07) is 5.01. The molecular formula is C13H17NO3. The third-order valence-electron chi connectivity index (χ3n) is 3.04. The predicted molar refractivity (Wildman–Crippen MR) is 64.4 cm³/mol. The van der Waals surface area contributed by atoms with Crippen molar-refractivity contribution in [2.75, 3.05) is 7.11 Å². The molecule has 2 N–H and O–H groups in total. The van der Waals surface area contributed by atoms with E-state index in [-0.39, 0.29) is 6.10 Å². The molecule has 0 radical (unpaired) electrons. The highest BCUT2D eigenvalue weighted by molar-refractivity contribution is 5.93. The second-order valence-electron chi connectivity index (χ2n) is 4.25. The zero-order valence-electron chi connectivity index (χ0n) is 9.94. The summed E-state index contributed by atoms with van der Waals surface area (Å²) in [5.41, 5.74) is 5.69. The van der Waals surface area contributed by atoms with Gasteiger partial charge in [0, 0.05) is 5.56 Å². The van der Waals surface area contributed by atoms with Gasteiger partial charge in [-0.15, -0.1) is 0 Å². The number of hydrogen-bond donors (Lipinski definition) is 1. The fourth-order valence-corrected chi connectivity index (χ4v) is 2.11. The van der Waals surface area contributed by atoms with E-state index in [1.165, 1.54) is 12.8 Å². The smallest absolute Gasteiger partial charge is 0.248 e. The van der Waals surface area contributed by atoms with E-state index in [1.807, 2.05) is 0 Å². The third-order valence-corrected chi connectivity index (χ3v) is 3.04. The first kappa shape index (κ1) is 11.8. The molecule has 0 aromatic heterocycles. The van der Waals surface area contributed by atoms with Crippen LogP contribution < -0.4 is 15.2 Å². The predicted octanol–water partition coefficient (Wildman–Crippen LogP) is 2.12. The highest BCUT2D eigenvalue weighted by Gasteiger charge is 2.19. The summed E-state index contributed by atoms with van der Waals surface area (Å²) in [4.78, 5) is 11.1. The zero-order valence-corrected chi connectivity index (χ0v) is 9.94. The molecule has 4 heteroatoms. The maximum atomic E-state index is 11.1. The average Bonchev–Trinajstić information content (AvgIpc) is 2.81. The lowest BCUT2D eigenvalue weighted by Crippen LogP contribution is -2.14. The van der Waals surface area contributed by atoms with Gasteiger partial charge in [-0.3, -0.25) is 4.79 Å². The van der Waals surface area contributed by atoms with Crippen LogP contribution >= 0.6 is 0 Å². The van der Waals surface area contributed by atoms with Gasteiger partial charge in [0.1, 0.15) is 0 Å². The monoisotopic (exact) mass is 235 g/mol. The number of primary amides is 1. The van der Waals surface area contributed by atoms with Crippen LogP contribution in [0.2, 0.25) is 0 Å². The molecule has 2 rings (SSSR count). The number of hydrogen-bond acceptors (Lipinski definition) is 3. The van der Waals surface area contributed by atoms with Crippen molar-refractivity contribution < 1.29 is 14.3 Å². The van der Waals surface area contributed by atoms with Crippen molar-refractivity contribution in [2.24, 2.45) is 5.73 Å². The fourth-order valence-electron chi connectivity index (χ4n) is 2.11. The quantitative estimate of drug-likeness (QED) is 0.869. The van der Waals surface area contributed by atoms with Gasteiger partial charge in [-0.1, -0.05) is 0 Å². The standard InChI is InChI=1S/C13H17NO3/c1-16-11-7-6-9(13(14)15)8-12(11)17-10-4-2-3-5-10/h6-8,10H,2-5H2,1H3,(H2,14,15). The molecule has 0 spiro atoms. The van der Waals surface area contributed by atoms with Gasteiger partial charge in [-0.25, -0.2) is 0 Å². The van der Waals surface area contributed by atoms with Gasteiger partial charge in [0.25, 0.3) is 0 Å². The van der Waals surface area contributed by atoms with Crippen molar-refractivity contribution in [3.63, 3.8) is 0 Å². The van der Waals surface area contributed by atoms with E-state index in [4.69, 9.17) is 15.2 Å². The highest BCUT2D eigenvalue weighted by atomic mass is 16.5. The van der Waals surface area contributed by atoms with Crippen LogP contribution in [0.15, 0.2) is 18.2 Å². The molecule has 1 saturated carbocycles. The largest absolute Gasteiger partial charge is 0.493 e. The van der Waals surface area contributed by atoms with Crippen LogP contribution in [0, 0.1) is 0 Å². The SMILES string of the molecule is COc1ccc(C(N)=O)cc1OC1CCCC1. The minimum Gasteiger partial charge on any atom is -0.493 e. The summed E-state index contributed by atoms with van der Waals surface area (Å²) in [6.07, 6.45) is 4.74. The Morgan fingerprint density at radius 3 is 2.59 bits per heavy atom. The van der Waals surface area contributed by atoms with E-state index in [0.717, 1.165) is 12.8 Å². The first-order valence-electron chi connectivity index (χ1n) is 5.85. The summed E-state index contributed by atoms with van der Waals surface area (Å²) in [6.45, 7) is 0. The minimum absolute atomic E-state index is 0.229. The van der Waals surface area contributed by atoms with Crippen LogP contribution in [-0.2, 0) is 0 Å². The molecule has 1 aliphatic carbocycles. The van der Waals surface area contributed by atoms with Gasteiger partial charge in [0.2, 0.25) is 5.91 Å². The van der Waals surface area contributed by atoms with Crippen molar-refractivity contribution in [1.29, 1.82) is 0 Å². The van der Waals surface area contributed by atoms with E-state index < -0.39 is 5.91 Å². The Balaban J connectivity index is 2.21. The molecule has 1 aromatic carbocycles. The normalized spacial score (nSPS) is 15.8. The van der Waals surface area contributed by atoms with Gasteiger partial charge in [0.05, 0.1) is 13.2 Å². The summed E-state index contributed by atoms with van der Waals surface area (Å²) >= 11 is 0. The third kappa shape index (κ3) is 2.70. The molecule has 0 aliphatic heterocycles. The number of rotatable bonds is 4. The maximum absolute atomic E-state index is 11.1. The summed E-state index contributed by atoms with van der Waals surface area (Å²) in [7, 11) is 1.58. The van der Waals surface area contributed by atoms with Crippen LogP contribution in [0.5, 0.6) is 11.5 Å². The molecule has 0 unspecified atom stereocenters. The molecular weight excluding hydrogens is 218 g/mol. The van der Waals surface area contributed by atoms with Crippen molar-refractivity contribution in [1.82, 2.24) is 0 Å². The van der Waals surface area contributed by atoms with Crippen LogP contribution in [-0.4, -0.2) is 19.1 Å². The van der Waals surface area contributed by atoms with Crippen molar-refractivity contribution in [2.45, 2.75) is 31.8 Å². The Labute approximate surface area is 101 Å². The van der Waals surface area contributed by atoms with Crippen LogP contribution in [0.3, 0.4) is 0 Å². The Hall–Kier alpha value is -1.71. The number of benzene rings is 1. The number of ether oxygens (including phenoxy) is 2. The second-order valence-corrected chi connectivity index (χ2v) is 4.25. The lowest BCUT2D eigenvalue weighted by atomic mass is 10.2. The van der Waals surface area contributed by atoms with E-state index >= 15 is 0 Å². The van der Waals surface area contributed by atoms with Crippen molar-refractivity contribution in [3.8, 4) is 11.5 Å².